The summed E-state index contributed by atoms with van der Waals surface area (Å²) >= 11 is 1.46. The SMILES string of the molecule is Cc1csc(Nc2cccc(NS(=O)(=O)c3ccc(C)c(F)c3)c2)n1. The first-order chi connectivity index (χ1) is 11.8. The normalized spacial score (nSPS) is 11.3. The van der Waals surface area contributed by atoms with Crippen molar-refractivity contribution in [2.45, 2.75) is 18.7 Å². The standard InChI is InChI=1S/C17H16FN3O2S2/c1-11-6-7-15(9-16(11)18)25(22,23)21-14-5-3-4-13(8-14)20-17-19-12(2)10-24-17/h3-10,21H,1-2H3,(H,19,20). The molecule has 0 aliphatic heterocycles. The van der Waals surface area contributed by atoms with E-state index >= 15 is 0 Å². The minimum atomic E-state index is -3.87. The van der Waals surface area contributed by atoms with Crippen molar-refractivity contribution in [3.8, 4) is 0 Å². The second kappa shape index (κ2) is 6.81. The van der Waals surface area contributed by atoms with E-state index in [9.17, 15) is 12.8 Å². The topological polar surface area (TPSA) is 71.1 Å². The summed E-state index contributed by atoms with van der Waals surface area (Å²) in [4.78, 5) is 4.18. The summed E-state index contributed by atoms with van der Waals surface area (Å²) in [5.74, 6) is -0.558. The average molecular weight is 377 g/mol. The van der Waals surface area contributed by atoms with Crippen molar-refractivity contribution in [3.63, 3.8) is 0 Å². The van der Waals surface area contributed by atoms with Crippen LogP contribution in [-0.4, -0.2) is 13.4 Å². The van der Waals surface area contributed by atoms with Gasteiger partial charge in [-0.2, -0.15) is 0 Å². The number of nitrogens with one attached hydrogen (secondary N) is 2. The number of hydrogen-bond acceptors (Lipinski definition) is 5. The molecule has 0 aliphatic carbocycles. The number of rotatable bonds is 5. The molecule has 0 amide bonds. The number of benzene rings is 2. The lowest BCUT2D eigenvalue weighted by Crippen LogP contribution is -2.13. The maximum absolute atomic E-state index is 13.6. The van der Waals surface area contributed by atoms with E-state index in [2.05, 4.69) is 15.0 Å². The van der Waals surface area contributed by atoms with Gasteiger partial charge in [0.1, 0.15) is 5.82 Å². The highest BCUT2D eigenvalue weighted by Crippen LogP contribution is 2.24. The molecular weight excluding hydrogens is 361 g/mol. The first-order valence-electron chi connectivity index (χ1n) is 7.42. The minimum Gasteiger partial charge on any atom is -0.331 e. The van der Waals surface area contributed by atoms with Crippen molar-refractivity contribution < 1.29 is 12.8 Å². The van der Waals surface area contributed by atoms with Crippen molar-refractivity contribution in [1.82, 2.24) is 4.98 Å². The van der Waals surface area contributed by atoms with Crippen molar-refractivity contribution in [2.24, 2.45) is 0 Å². The lowest BCUT2D eigenvalue weighted by atomic mass is 10.2. The van der Waals surface area contributed by atoms with E-state index < -0.39 is 15.8 Å². The largest absolute Gasteiger partial charge is 0.331 e. The first kappa shape index (κ1) is 17.4. The Morgan fingerprint density at radius 2 is 1.84 bits per heavy atom. The fraction of sp³-hybridized carbons (Fsp3) is 0.118. The van der Waals surface area contributed by atoms with E-state index in [0.29, 0.717) is 16.9 Å². The van der Waals surface area contributed by atoms with E-state index in [1.165, 1.54) is 23.5 Å². The third kappa shape index (κ3) is 4.15. The quantitative estimate of drug-likeness (QED) is 0.689. The van der Waals surface area contributed by atoms with Crippen molar-refractivity contribution in [3.05, 3.63) is 64.9 Å². The van der Waals surface area contributed by atoms with Gasteiger partial charge in [-0.1, -0.05) is 12.1 Å². The van der Waals surface area contributed by atoms with Crippen LogP contribution in [0.2, 0.25) is 0 Å². The smallest absolute Gasteiger partial charge is 0.261 e. The first-order valence-corrected chi connectivity index (χ1v) is 9.78. The Balaban J connectivity index is 1.82. The molecule has 5 nitrogen and oxygen atoms in total. The Morgan fingerprint density at radius 1 is 1.08 bits per heavy atom. The molecule has 1 heterocycles. The average Bonchev–Trinajstić information content (AvgIpc) is 2.95. The molecule has 3 aromatic rings. The highest BCUT2D eigenvalue weighted by atomic mass is 32.2. The number of sulfonamides is 1. The molecule has 0 unspecified atom stereocenters. The summed E-state index contributed by atoms with van der Waals surface area (Å²) in [6.07, 6.45) is 0. The molecule has 0 atom stereocenters. The molecule has 0 radical (unpaired) electrons. The van der Waals surface area contributed by atoms with Gasteiger partial charge in [0.05, 0.1) is 16.3 Å². The predicted octanol–water partition coefficient (Wildman–Crippen LogP) is 4.44. The van der Waals surface area contributed by atoms with Gasteiger partial charge in [0.2, 0.25) is 0 Å². The van der Waals surface area contributed by atoms with Crippen LogP contribution in [0.25, 0.3) is 0 Å². The van der Waals surface area contributed by atoms with Crippen LogP contribution < -0.4 is 10.0 Å². The van der Waals surface area contributed by atoms with Crippen molar-refractivity contribution >= 4 is 37.9 Å². The van der Waals surface area contributed by atoms with Crippen molar-refractivity contribution in [2.75, 3.05) is 10.0 Å². The number of halogens is 1. The molecule has 0 saturated carbocycles. The summed E-state index contributed by atoms with van der Waals surface area (Å²) in [7, 11) is -3.87. The Kier molecular flexibility index (Phi) is 4.73. The fourth-order valence-corrected chi connectivity index (χ4v) is 3.92. The van der Waals surface area contributed by atoms with Crippen molar-refractivity contribution in [1.29, 1.82) is 0 Å². The molecular formula is C17H16FN3O2S2. The Hall–Kier alpha value is -2.45. The van der Waals surface area contributed by atoms with E-state index in [-0.39, 0.29) is 4.90 Å². The molecule has 130 valence electrons. The number of aryl methyl sites for hydroxylation is 2. The lowest BCUT2D eigenvalue weighted by molar-refractivity contribution is 0.593. The van der Waals surface area contributed by atoms with Gasteiger partial charge in [0.15, 0.2) is 5.13 Å². The van der Waals surface area contributed by atoms with Crippen LogP contribution in [0.4, 0.5) is 20.9 Å². The molecule has 0 aliphatic rings. The van der Waals surface area contributed by atoms with Gasteiger partial charge in [0.25, 0.3) is 10.0 Å². The summed E-state index contributed by atoms with van der Waals surface area (Å²) < 4.78 is 41.0. The second-order valence-corrected chi connectivity index (χ2v) is 8.06. The number of anilines is 3. The number of hydrogen-bond donors (Lipinski definition) is 2. The van der Waals surface area contributed by atoms with Crippen LogP contribution in [0.1, 0.15) is 11.3 Å². The zero-order valence-electron chi connectivity index (χ0n) is 13.6. The zero-order valence-corrected chi connectivity index (χ0v) is 15.2. The van der Waals surface area contributed by atoms with E-state index in [0.717, 1.165) is 16.9 Å². The van der Waals surface area contributed by atoms with E-state index in [1.807, 2.05) is 12.3 Å². The molecule has 3 rings (SSSR count). The molecule has 0 bridgehead atoms. The third-order valence-electron chi connectivity index (χ3n) is 3.44. The monoisotopic (exact) mass is 377 g/mol. The summed E-state index contributed by atoms with van der Waals surface area (Å²) in [6.45, 7) is 3.47. The van der Waals surface area contributed by atoms with Crippen LogP contribution in [0.15, 0.2) is 52.7 Å². The van der Waals surface area contributed by atoms with Crippen LogP contribution in [-0.2, 0) is 10.0 Å². The molecule has 8 heteroatoms. The van der Waals surface area contributed by atoms with Gasteiger partial charge in [-0.15, -0.1) is 11.3 Å². The summed E-state index contributed by atoms with van der Waals surface area (Å²) in [6, 6.07) is 10.6. The highest BCUT2D eigenvalue weighted by Gasteiger charge is 2.16. The summed E-state index contributed by atoms with van der Waals surface area (Å²) in [5.41, 5.74) is 2.37. The second-order valence-electron chi connectivity index (χ2n) is 5.52. The number of nitrogens with zero attached hydrogens (tertiary/aromatic N) is 1. The van der Waals surface area contributed by atoms with Gasteiger partial charge in [0, 0.05) is 11.1 Å². The molecule has 1 aromatic heterocycles. The van der Waals surface area contributed by atoms with E-state index in [1.54, 1.807) is 31.2 Å². The molecule has 25 heavy (non-hydrogen) atoms. The Labute approximate surface area is 149 Å². The van der Waals surface area contributed by atoms with Gasteiger partial charge >= 0.3 is 0 Å². The molecule has 2 aromatic carbocycles. The number of aromatic nitrogens is 1. The van der Waals surface area contributed by atoms with Crippen LogP contribution in [0, 0.1) is 19.7 Å². The minimum absolute atomic E-state index is 0.121. The van der Waals surface area contributed by atoms with E-state index in [4.69, 9.17) is 0 Å². The van der Waals surface area contributed by atoms with Crippen LogP contribution in [0.3, 0.4) is 0 Å². The van der Waals surface area contributed by atoms with Gasteiger partial charge in [-0.25, -0.2) is 17.8 Å². The molecule has 0 saturated heterocycles. The predicted molar refractivity (Wildman–Crippen MR) is 98.5 cm³/mol. The highest BCUT2D eigenvalue weighted by molar-refractivity contribution is 7.92. The Morgan fingerprint density at radius 3 is 2.52 bits per heavy atom. The molecule has 0 fully saturated rings. The van der Waals surface area contributed by atoms with Gasteiger partial charge in [-0.3, -0.25) is 4.72 Å². The third-order valence-corrected chi connectivity index (χ3v) is 5.69. The fourth-order valence-electron chi connectivity index (χ4n) is 2.15. The van der Waals surface area contributed by atoms with Gasteiger partial charge in [-0.05, 0) is 49.7 Å². The Bertz CT molecular complexity index is 1020. The summed E-state index contributed by atoms with van der Waals surface area (Å²) in [5, 5.41) is 5.76. The van der Waals surface area contributed by atoms with Gasteiger partial charge < -0.3 is 5.32 Å². The zero-order chi connectivity index (χ0) is 18.0. The maximum atomic E-state index is 13.6. The number of thiazole rings is 1. The van der Waals surface area contributed by atoms with Crippen LogP contribution >= 0.6 is 11.3 Å². The molecule has 0 spiro atoms. The lowest BCUT2D eigenvalue weighted by Gasteiger charge is -2.10. The van der Waals surface area contributed by atoms with Crippen LogP contribution in [0.5, 0.6) is 0 Å². The maximum Gasteiger partial charge on any atom is 0.261 e. The molecule has 2 N–H and O–H groups in total.